The quantitative estimate of drug-likeness (QED) is 0.482. The van der Waals surface area contributed by atoms with Crippen LogP contribution in [0.1, 0.15) is 56.7 Å². The zero-order chi connectivity index (χ0) is 20.9. The van der Waals surface area contributed by atoms with Gasteiger partial charge < -0.3 is 4.90 Å². The second-order valence-corrected chi connectivity index (χ2v) is 8.49. The summed E-state index contributed by atoms with van der Waals surface area (Å²) >= 11 is 0. The van der Waals surface area contributed by atoms with Crippen molar-refractivity contribution < 1.29 is 0 Å². The van der Waals surface area contributed by atoms with Crippen LogP contribution >= 0.6 is 0 Å². The molecule has 0 amide bonds. The number of hydrogen-bond acceptors (Lipinski definition) is 6. The van der Waals surface area contributed by atoms with E-state index in [1.807, 2.05) is 31.5 Å². The number of hydrogen-bond donors (Lipinski definition) is 0. The topological polar surface area (TPSA) is 72.6 Å². The molecule has 31 heavy (non-hydrogen) atoms. The Hall–Kier alpha value is -3.35. The van der Waals surface area contributed by atoms with E-state index < -0.39 is 0 Å². The van der Waals surface area contributed by atoms with E-state index in [0.717, 1.165) is 51.9 Å². The van der Waals surface area contributed by atoms with Crippen molar-refractivity contribution in [2.45, 2.75) is 58.0 Å². The summed E-state index contributed by atoms with van der Waals surface area (Å²) in [4.78, 5) is 17.1. The van der Waals surface area contributed by atoms with Crippen LogP contribution in [-0.2, 0) is 0 Å². The van der Waals surface area contributed by atoms with Crippen LogP contribution in [0.25, 0.3) is 28.0 Å². The van der Waals surface area contributed by atoms with Gasteiger partial charge in [0.1, 0.15) is 11.5 Å². The summed E-state index contributed by atoms with van der Waals surface area (Å²) in [5.74, 6) is 3.59. The maximum atomic E-state index is 5.18. The van der Waals surface area contributed by atoms with Crippen LogP contribution < -0.4 is 4.90 Å². The highest BCUT2D eigenvalue weighted by atomic mass is 15.4. The third-order valence-corrected chi connectivity index (χ3v) is 6.70. The minimum Gasteiger partial charge on any atom is -0.342 e. The van der Waals surface area contributed by atoms with Gasteiger partial charge in [-0.15, -0.1) is 10.2 Å². The first-order chi connectivity index (χ1) is 15.3. The minimum atomic E-state index is 0.171. The molecule has 2 aliphatic rings. The van der Waals surface area contributed by atoms with E-state index in [1.165, 1.54) is 25.7 Å². The Labute approximate surface area is 181 Å². The summed E-state index contributed by atoms with van der Waals surface area (Å²) < 4.78 is 2.14. The van der Waals surface area contributed by atoms with Gasteiger partial charge in [-0.05, 0) is 38.3 Å². The Balaban J connectivity index is 1.59. The lowest BCUT2D eigenvalue weighted by molar-refractivity contribution is 0.468. The maximum Gasteiger partial charge on any atom is 0.163 e. The fraction of sp³-hybridized carbons (Fsp3) is 0.375. The molecule has 3 aromatic heterocycles. The van der Waals surface area contributed by atoms with Crippen LogP contribution in [-0.4, -0.2) is 35.8 Å². The molecule has 1 atom stereocenters. The summed E-state index contributed by atoms with van der Waals surface area (Å²) in [5.41, 5.74) is 2.87. The number of pyridine rings is 1. The third kappa shape index (κ3) is 2.76. The molecule has 1 saturated carbocycles. The monoisotopic (exact) mass is 411 g/mol. The van der Waals surface area contributed by atoms with Gasteiger partial charge in [0.2, 0.25) is 0 Å². The largest absolute Gasteiger partial charge is 0.342 e. The molecule has 1 aromatic carbocycles. The van der Waals surface area contributed by atoms with Gasteiger partial charge in [-0.2, -0.15) is 0 Å². The molecule has 1 unspecified atom stereocenters. The summed E-state index contributed by atoms with van der Waals surface area (Å²) in [7, 11) is 0. The number of aryl methyl sites for hydroxylation is 1. The summed E-state index contributed by atoms with van der Waals surface area (Å²) in [6.07, 6.45) is 9.65. The van der Waals surface area contributed by atoms with Crippen LogP contribution in [0.5, 0.6) is 0 Å². The van der Waals surface area contributed by atoms with Gasteiger partial charge >= 0.3 is 0 Å². The molecular formula is C24H25N7. The number of aromatic nitrogens is 6. The van der Waals surface area contributed by atoms with Crippen molar-refractivity contribution in [3.8, 4) is 17.1 Å². The van der Waals surface area contributed by atoms with Crippen molar-refractivity contribution in [1.82, 2.24) is 29.7 Å². The van der Waals surface area contributed by atoms with Crippen molar-refractivity contribution in [1.29, 1.82) is 0 Å². The minimum absolute atomic E-state index is 0.171. The molecule has 0 bridgehead atoms. The zero-order valence-electron chi connectivity index (χ0n) is 17.9. The molecule has 6 rings (SSSR count). The molecule has 1 fully saturated rings. The molecule has 0 N–H and O–H groups in total. The molecular weight excluding hydrogens is 386 g/mol. The van der Waals surface area contributed by atoms with Crippen LogP contribution in [0.2, 0.25) is 0 Å². The zero-order valence-corrected chi connectivity index (χ0v) is 17.9. The summed E-state index contributed by atoms with van der Waals surface area (Å²) in [6, 6.07) is 10.9. The van der Waals surface area contributed by atoms with Gasteiger partial charge in [-0.1, -0.05) is 38.0 Å². The molecule has 4 aromatic rings. The van der Waals surface area contributed by atoms with E-state index in [1.54, 1.807) is 0 Å². The maximum absolute atomic E-state index is 5.18. The Kier molecular flexibility index (Phi) is 4.23. The van der Waals surface area contributed by atoms with Crippen molar-refractivity contribution >= 4 is 16.7 Å². The Morgan fingerprint density at radius 2 is 1.87 bits per heavy atom. The number of para-hydroxylation sites is 1. The Morgan fingerprint density at radius 3 is 2.71 bits per heavy atom. The van der Waals surface area contributed by atoms with Crippen LogP contribution in [0.15, 0.2) is 42.7 Å². The van der Waals surface area contributed by atoms with Gasteiger partial charge in [0, 0.05) is 23.2 Å². The average molecular weight is 412 g/mol. The molecule has 0 saturated heterocycles. The van der Waals surface area contributed by atoms with Gasteiger partial charge in [-0.3, -0.25) is 9.55 Å². The van der Waals surface area contributed by atoms with Crippen molar-refractivity contribution in [3.63, 3.8) is 0 Å². The van der Waals surface area contributed by atoms with Crippen molar-refractivity contribution in [2.75, 3.05) is 4.90 Å². The summed E-state index contributed by atoms with van der Waals surface area (Å²) in [6.45, 7) is 4.23. The number of benzene rings is 1. The highest BCUT2D eigenvalue weighted by molar-refractivity contribution is 5.92. The number of nitrogens with zero attached hydrogens (tertiary/aromatic N) is 7. The standard InChI is InChI=1S/C24H25N7/c1-3-19-24-29-28-15(2)30(24)20-14-26-22(27-23(20)31(19)17-10-4-5-11-17)18-12-6-8-16-9-7-13-25-21(16)18/h6-9,12-14,17,19H,3-5,10-11H2,1-2H3. The SMILES string of the molecule is CCC1c2nnc(C)n2-c2cnc(-c3cccc4cccnc34)nc2N1C1CCCC1. The average Bonchev–Trinajstić information content (AvgIpc) is 3.47. The van der Waals surface area contributed by atoms with E-state index in [4.69, 9.17) is 9.97 Å². The summed E-state index contributed by atoms with van der Waals surface area (Å²) in [5, 5.41) is 10.0. The lowest BCUT2D eigenvalue weighted by atomic mass is 10.0. The number of anilines is 1. The normalized spacial score (nSPS) is 18.4. The van der Waals surface area contributed by atoms with E-state index >= 15 is 0 Å². The van der Waals surface area contributed by atoms with Gasteiger partial charge in [0.25, 0.3) is 0 Å². The first-order valence-electron chi connectivity index (χ1n) is 11.2. The second-order valence-electron chi connectivity index (χ2n) is 8.49. The molecule has 1 aliphatic carbocycles. The molecule has 1 aliphatic heterocycles. The van der Waals surface area contributed by atoms with Crippen LogP contribution in [0.3, 0.4) is 0 Å². The van der Waals surface area contributed by atoms with Crippen LogP contribution in [0, 0.1) is 6.92 Å². The first-order valence-corrected chi connectivity index (χ1v) is 11.2. The molecule has 7 nitrogen and oxygen atoms in total. The van der Waals surface area contributed by atoms with E-state index in [-0.39, 0.29) is 6.04 Å². The highest BCUT2D eigenvalue weighted by Crippen LogP contribution is 2.43. The van der Waals surface area contributed by atoms with E-state index in [9.17, 15) is 0 Å². The molecule has 7 heteroatoms. The van der Waals surface area contributed by atoms with E-state index in [0.29, 0.717) is 6.04 Å². The molecule has 4 heterocycles. The lowest BCUT2D eigenvalue weighted by Gasteiger charge is -2.41. The van der Waals surface area contributed by atoms with Gasteiger partial charge in [0.05, 0.1) is 17.8 Å². The van der Waals surface area contributed by atoms with Crippen molar-refractivity contribution in [2.24, 2.45) is 0 Å². The van der Waals surface area contributed by atoms with Crippen molar-refractivity contribution in [3.05, 3.63) is 54.4 Å². The van der Waals surface area contributed by atoms with Crippen LogP contribution in [0.4, 0.5) is 5.82 Å². The fourth-order valence-electron chi connectivity index (χ4n) is 5.28. The first kappa shape index (κ1) is 18.4. The third-order valence-electron chi connectivity index (χ3n) is 6.70. The number of rotatable bonds is 3. The van der Waals surface area contributed by atoms with Gasteiger partial charge in [0.15, 0.2) is 17.5 Å². The predicted molar refractivity (Wildman–Crippen MR) is 120 cm³/mol. The lowest BCUT2D eigenvalue weighted by Crippen LogP contribution is -2.42. The fourth-order valence-corrected chi connectivity index (χ4v) is 5.28. The smallest absolute Gasteiger partial charge is 0.163 e. The Morgan fingerprint density at radius 1 is 1.03 bits per heavy atom. The predicted octanol–water partition coefficient (Wildman–Crippen LogP) is 4.79. The molecule has 0 spiro atoms. The second kappa shape index (κ2) is 7.11. The highest BCUT2D eigenvalue weighted by Gasteiger charge is 2.39. The van der Waals surface area contributed by atoms with E-state index in [2.05, 4.69) is 49.8 Å². The Bertz CT molecular complexity index is 1270. The molecule has 156 valence electrons. The molecule has 0 radical (unpaired) electrons. The van der Waals surface area contributed by atoms with Gasteiger partial charge in [-0.25, -0.2) is 9.97 Å². The number of fused-ring (bicyclic) bond motifs is 4.